The van der Waals surface area contributed by atoms with Crippen LogP contribution in [0.5, 0.6) is 0 Å². The summed E-state index contributed by atoms with van der Waals surface area (Å²) in [6.45, 7) is -0.0534. The maximum Gasteiger partial charge on any atom is 0.490 e. The minimum absolute atomic E-state index is 0.0173. The van der Waals surface area contributed by atoms with E-state index in [0.29, 0.717) is 23.2 Å². The first-order valence-corrected chi connectivity index (χ1v) is 13.0. The second-order valence-electron chi connectivity index (χ2n) is 8.61. The lowest BCUT2D eigenvalue weighted by molar-refractivity contribution is -0.192. The van der Waals surface area contributed by atoms with E-state index < -0.39 is 34.6 Å². The lowest BCUT2D eigenvalue weighted by atomic mass is 9.79. The van der Waals surface area contributed by atoms with Gasteiger partial charge in [-0.1, -0.05) is 6.07 Å². The average molecular weight is 560 g/mol. The van der Waals surface area contributed by atoms with Crippen molar-refractivity contribution < 1.29 is 35.6 Å². The first-order valence-electron chi connectivity index (χ1n) is 12.2. The molecule has 2 saturated heterocycles. The Morgan fingerprint density at radius 2 is 2.03 bits per heavy atom. The highest BCUT2D eigenvalue weighted by Gasteiger charge is 2.52. The minimum atomic E-state index is -5.08. The number of carbonyl (C=O) groups is 1. The van der Waals surface area contributed by atoms with Gasteiger partial charge in [0.05, 0.1) is 26.7 Å². The highest BCUT2D eigenvalue weighted by Crippen LogP contribution is 2.39. The maximum absolute atomic E-state index is 13.2. The summed E-state index contributed by atoms with van der Waals surface area (Å²) in [7, 11) is -3.88. The first-order chi connectivity index (χ1) is 18.4. The number of carboxylic acid groups (broad SMARTS) is 1. The Kier molecular flexibility index (Phi) is 5.99. The molecule has 1 aliphatic carbocycles. The zero-order chi connectivity index (χ0) is 29.7. The minimum Gasteiger partial charge on any atom is -0.475 e. The van der Waals surface area contributed by atoms with Gasteiger partial charge in [-0.2, -0.15) is 13.2 Å². The smallest absolute Gasteiger partial charge is 0.475 e. The van der Waals surface area contributed by atoms with Crippen LogP contribution in [0.1, 0.15) is 27.5 Å². The lowest BCUT2D eigenvalue weighted by Gasteiger charge is -2.37. The molecule has 2 aromatic heterocycles. The maximum atomic E-state index is 13.2. The van der Waals surface area contributed by atoms with Gasteiger partial charge >= 0.3 is 12.1 Å². The van der Waals surface area contributed by atoms with E-state index in [9.17, 15) is 21.6 Å². The van der Waals surface area contributed by atoms with E-state index in [1.165, 1.54) is 35.7 Å². The number of nitrogens with one attached hydrogen (secondary N) is 2. The second kappa shape index (κ2) is 9.63. The Bertz CT molecular complexity index is 1550. The van der Waals surface area contributed by atoms with Crippen LogP contribution in [0.3, 0.4) is 0 Å². The number of fused-ring (bicyclic) bond motifs is 1. The molecule has 37 heavy (non-hydrogen) atoms. The van der Waals surface area contributed by atoms with Gasteiger partial charge in [0.15, 0.2) is 5.82 Å². The fourth-order valence-corrected chi connectivity index (χ4v) is 6.28. The predicted molar refractivity (Wildman–Crippen MR) is 130 cm³/mol. The molecule has 3 aromatic rings. The largest absolute Gasteiger partial charge is 0.490 e. The summed E-state index contributed by atoms with van der Waals surface area (Å²) in [5, 5.41) is 11.2. The summed E-state index contributed by atoms with van der Waals surface area (Å²) in [6.07, 6.45) is -0.612. The third kappa shape index (κ3) is 5.74. The van der Waals surface area contributed by atoms with E-state index in [-0.39, 0.29) is 27.5 Å². The number of carboxylic acids is 1. The number of halogens is 3. The number of nitrogens with zero attached hydrogens (tertiary/aromatic N) is 3. The number of nitrogens with two attached hydrogens (primary N) is 1. The molecule has 15 heteroatoms. The van der Waals surface area contributed by atoms with Gasteiger partial charge in [-0.15, -0.1) is 11.3 Å². The van der Waals surface area contributed by atoms with Gasteiger partial charge in [-0.25, -0.2) is 32.9 Å². The average Bonchev–Trinajstić information content (AvgIpc) is 3.54. The number of aliphatic carboxylic acids is 1. The van der Waals surface area contributed by atoms with Crippen molar-refractivity contribution in [3.63, 3.8) is 0 Å². The van der Waals surface area contributed by atoms with Crippen LogP contribution in [-0.2, 0) is 14.8 Å². The summed E-state index contributed by atoms with van der Waals surface area (Å²) in [5.41, 5.74) is 6.29. The summed E-state index contributed by atoms with van der Waals surface area (Å²) < 4.78 is 84.7. The molecule has 0 atom stereocenters. The van der Waals surface area contributed by atoms with Crippen LogP contribution in [-0.4, -0.2) is 58.7 Å². The van der Waals surface area contributed by atoms with Crippen molar-refractivity contribution in [1.82, 2.24) is 25.0 Å². The normalized spacial score (nSPS) is 22.2. The number of anilines is 1. The molecule has 3 aliphatic rings. The number of thiazole rings is 1. The van der Waals surface area contributed by atoms with Crippen molar-refractivity contribution in [2.45, 2.75) is 49.3 Å². The van der Waals surface area contributed by atoms with Crippen LogP contribution < -0.4 is 15.8 Å². The number of hydrogen-bond acceptors (Lipinski definition) is 9. The summed E-state index contributed by atoms with van der Waals surface area (Å²) in [5.74, 6) is -2.58. The van der Waals surface area contributed by atoms with Crippen molar-refractivity contribution in [2.24, 2.45) is 0 Å². The number of aromatic nitrogens is 3. The zero-order valence-electron chi connectivity index (χ0n) is 22.1. The van der Waals surface area contributed by atoms with Crippen LogP contribution in [0.4, 0.5) is 19.0 Å². The molecular weight excluding hydrogens is 533 g/mol. The highest BCUT2D eigenvalue weighted by molar-refractivity contribution is 7.89. The van der Waals surface area contributed by atoms with Gasteiger partial charge in [0.2, 0.25) is 10.0 Å². The van der Waals surface area contributed by atoms with Gasteiger partial charge in [0.25, 0.3) is 0 Å². The molecule has 2 aliphatic heterocycles. The monoisotopic (exact) mass is 559 g/mol. The lowest BCUT2D eigenvalue weighted by Crippen LogP contribution is -2.54. The Morgan fingerprint density at radius 3 is 2.57 bits per heavy atom. The molecule has 5 N–H and O–H groups in total. The topological polar surface area (TPSA) is 160 Å². The van der Waals surface area contributed by atoms with Crippen molar-refractivity contribution >= 4 is 33.1 Å². The molecule has 10 nitrogen and oxygen atoms in total. The molecule has 1 saturated carbocycles. The summed E-state index contributed by atoms with van der Waals surface area (Å²) >= 11 is 1.38. The van der Waals surface area contributed by atoms with Gasteiger partial charge < -0.3 is 16.2 Å². The third-order valence-corrected chi connectivity index (χ3v) is 8.33. The fourth-order valence-electron chi connectivity index (χ4n) is 4.06. The van der Waals surface area contributed by atoms with Crippen molar-refractivity contribution in [3.05, 3.63) is 41.2 Å². The Balaban J connectivity index is 0.000000470. The Hall–Kier alpha value is -3.14. The van der Waals surface area contributed by atoms with E-state index >= 15 is 0 Å². The number of nitrogen functional groups attached to an aromatic ring is 1. The Morgan fingerprint density at radius 1 is 1.32 bits per heavy atom. The van der Waals surface area contributed by atoms with Gasteiger partial charge in [0, 0.05) is 34.0 Å². The first kappa shape index (κ1) is 23.0. The SMILES string of the molecule is O=C(O)C(F)(F)F.[2H]C([2H])([2H])c1ccc(S(=O)(=O)NC23CNC(C2)C3)cc1-c1cnc(N)c(-c2cnc(C)s2)n1. The standard InChI is InChI=1S/C20H22N6O2S2.C2HF3O2/c1-11-3-4-14(30(27,28)26-20-6-13(7-20)24-10-20)5-15(11)16-8-23-19(21)18(25-16)17-9-22-12(2)29-17;3-2(4,5)1(6)7/h3-5,8-9,13,24,26H,6-7,10H2,1-2H3,(H2,21,23);(H,6,7)/i1D3;. The van der Waals surface area contributed by atoms with E-state index in [4.69, 9.17) is 19.7 Å². The highest BCUT2D eigenvalue weighted by atomic mass is 32.2. The predicted octanol–water partition coefficient (Wildman–Crippen LogP) is 2.88. The van der Waals surface area contributed by atoms with E-state index in [1.807, 2.05) is 6.92 Å². The van der Waals surface area contributed by atoms with Gasteiger partial charge in [-0.05, 0) is 44.3 Å². The fraction of sp³-hybridized carbons (Fsp3) is 0.364. The van der Waals surface area contributed by atoms with E-state index in [1.54, 1.807) is 6.20 Å². The van der Waals surface area contributed by atoms with Crippen molar-refractivity contribution in [1.29, 1.82) is 0 Å². The van der Waals surface area contributed by atoms with Crippen LogP contribution in [0.15, 0.2) is 35.5 Å². The van der Waals surface area contributed by atoms with Crippen LogP contribution in [0.2, 0.25) is 0 Å². The van der Waals surface area contributed by atoms with Crippen LogP contribution in [0, 0.1) is 13.8 Å². The molecule has 0 amide bonds. The second-order valence-corrected chi connectivity index (χ2v) is 11.5. The van der Waals surface area contributed by atoms with Crippen molar-refractivity contribution in [2.75, 3.05) is 12.3 Å². The molecule has 0 unspecified atom stereocenters. The molecule has 1 aromatic carbocycles. The molecule has 4 heterocycles. The van der Waals surface area contributed by atoms with E-state index in [0.717, 1.165) is 17.8 Å². The number of sulfonamides is 1. The molecule has 0 spiro atoms. The van der Waals surface area contributed by atoms with Crippen LogP contribution in [0.25, 0.3) is 21.8 Å². The molecule has 2 bridgehead atoms. The zero-order valence-corrected chi connectivity index (χ0v) is 20.8. The number of benzene rings is 1. The molecular formula is C22H23F3N6O4S2. The quantitative estimate of drug-likeness (QED) is 0.368. The molecule has 3 fully saturated rings. The number of rotatable bonds is 5. The van der Waals surface area contributed by atoms with E-state index in [2.05, 4.69) is 25.0 Å². The summed E-state index contributed by atoms with van der Waals surface area (Å²) in [6, 6.07) is 4.33. The Labute approximate surface area is 218 Å². The van der Waals surface area contributed by atoms with Crippen molar-refractivity contribution in [3.8, 4) is 21.8 Å². The number of aryl methyl sites for hydroxylation is 2. The molecule has 6 rings (SSSR count). The summed E-state index contributed by atoms with van der Waals surface area (Å²) in [4.78, 5) is 22.5. The van der Waals surface area contributed by atoms with Gasteiger partial charge in [-0.3, -0.25) is 0 Å². The molecule has 198 valence electrons. The number of alkyl halides is 3. The third-order valence-electron chi connectivity index (χ3n) is 5.83. The van der Waals surface area contributed by atoms with Crippen LogP contribution >= 0.6 is 11.3 Å². The van der Waals surface area contributed by atoms with Gasteiger partial charge in [0.1, 0.15) is 5.69 Å². The molecule has 0 radical (unpaired) electrons. The number of hydrogen-bond donors (Lipinski definition) is 4.